The number of amides is 2. The largest absolute Gasteiger partial charge is 0.478 e. The number of aromatic carboxylic acids is 1. The molecule has 0 atom stereocenters. The normalized spacial score (nSPS) is 11.0. The van der Waals surface area contributed by atoms with Gasteiger partial charge in [-0.1, -0.05) is 6.07 Å². The van der Waals surface area contributed by atoms with Crippen molar-refractivity contribution in [1.29, 1.82) is 0 Å². The van der Waals surface area contributed by atoms with E-state index in [-0.39, 0.29) is 18.3 Å². The SMILES string of the molecule is O=C(NCCSC(F)(F)F)Nc1c(F)cccc1C(=O)O. The lowest BCUT2D eigenvalue weighted by atomic mass is 10.1. The van der Waals surface area contributed by atoms with Crippen molar-refractivity contribution in [2.45, 2.75) is 5.51 Å². The molecular weight excluding hydrogens is 316 g/mol. The van der Waals surface area contributed by atoms with Crippen LogP contribution in [0.15, 0.2) is 18.2 Å². The number of carboxylic acid groups (broad SMARTS) is 1. The Morgan fingerprint density at radius 2 is 1.95 bits per heavy atom. The zero-order chi connectivity index (χ0) is 16.0. The molecule has 3 N–H and O–H groups in total. The number of hydrogen-bond acceptors (Lipinski definition) is 3. The first kappa shape index (κ1) is 17.1. The molecule has 1 rings (SSSR count). The van der Waals surface area contributed by atoms with E-state index in [4.69, 9.17) is 5.11 Å². The number of thioether (sulfide) groups is 1. The number of carbonyl (C=O) groups excluding carboxylic acids is 1. The van der Waals surface area contributed by atoms with Gasteiger partial charge in [-0.3, -0.25) is 0 Å². The molecule has 0 aliphatic carbocycles. The van der Waals surface area contributed by atoms with Crippen LogP contribution in [-0.2, 0) is 0 Å². The number of urea groups is 1. The third-order valence-electron chi connectivity index (χ3n) is 2.14. The topological polar surface area (TPSA) is 78.4 Å². The Morgan fingerprint density at radius 1 is 1.29 bits per heavy atom. The summed E-state index contributed by atoms with van der Waals surface area (Å²) in [7, 11) is 0. The van der Waals surface area contributed by atoms with E-state index in [9.17, 15) is 27.2 Å². The minimum Gasteiger partial charge on any atom is -0.478 e. The fourth-order valence-corrected chi connectivity index (χ4v) is 1.75. The summed E-state index contributed by atoms with van der Waals surface area (Å²) in [5.41, 5.74) is -5.42. The van der Waals surface area contributed by atoms with Crippen LogP contribution in [0.25, 0.3) is 0 Å². The minimum absolute atomic E-state index is 0.313. The number of para-hydroxylation sites is 1. The van der Waals surface area contributed by atoms with Gasteiger partial charge in [0.05, 0.1) is 11.3 Å². The highest BCUT2D eigenvalue weighted by atomic mass is 32.2. The molecule has 116 valence electrons. The van der Waals surface area contributed by atoms with Crippen LogP contribution in [0.4, 0.5) is 28.0 Å². The molecule has 0 aliphatic heterocycles. The summed E-state index contributed by atoms with van der Waals surface area (Å²) in [6, 6.07) is 2.19. The zero-order valence-corrected chi connectivity index (χ0v) is 11.1. The van der Waals surface area contributed by atoms with Crippen LogP contribution in [0, 0.1) is 5.82 Å². The van der Waals surface area contributed by atoms with Crippen LogP contribution >= 0.6 is 11.8 Å². The molecule has 0 bridgehead atoms. The number of benzene rings is 1. The van der Waals surface area contributed by atoms with Gasteiger partial charge >= 0.3 is 17.5 Å². The van der Waals surface area contributed by atoms with Gasteiger partial charge in [-0.05, 0) is 23.9 Å². The van der Waals surface area contributed by atoms with Crippen LogP contribution in [0.5, 0.6) is 0 Å². The second kappa shape index (κ2) is 7.16. The van der Waals surface area contributed by atoms with Gasteiger partial charge in [0.2, 0.25) is 0 Å². The number of rotatable bonds is 5. The van der Waals surface area contributed by atoms with Crippen molar-refractivity contribution < 1.29 is 32.3 Å². The Hall–Kier alpha value is -1.97. The van der Waals surface area contributed by atoms with Crippen molar-refractivity contribution in [2.24, 2.45) is 0 Å². The van der Waals surface area contributed by atoms with Crippen LogP contribution in [0.3, 0.4) is 0 Å². The number of hydrogen-bond donors (Lipinski definition) is 3. The second-order valence-corrected chi connectivity index (χ2v) is 4.80. The van der Waals surface area contributed by atoms with E-state index in [2.05, 4.69) is 5.32 Å². The van der Waals surface area contributed by atoms with Gasteiger partial charge in [-0.15, -0.1) is 0 Å². The number of halogens is 4. The summed E-state index contributed by atoms with van der Waals surface area (Å²) >= 11 is -0.318. The monoisotopic (exact) mass is 326 g/mol. The van der Waals surface area contributed by atoms with Gasteiger partial charge < -0.3 is 15.7 Å². The van der Waals surface area contributed by atoms with Crippen molar-refractivity contribution in [3.05, 3.63) is 29.6 Å². The van der Waals surface area contributed by atoms with E-state index in [1.807, 2.05) is 5.32 Å². The first-order chi connectivity index (χ1) is 9.70. The molecule has 2 amide bonds. The summed E-state index contributed by atoms with van der Waals surface area (Å²) < 4.78 is 49.0. The molecule has 0 radical (unpaired) electrons. The molecule has 1 aromatic rings. The quantitative estimate of drug-likeness (QED) is 0.574. The van der Waals surface area contributed by atoms with E-state index < -0.39 is 40.3 Å². The Kier molecular flexibility index (Phi) is 5.82. The molecule has 0 heterocycles. The number of anilines is 1. The molecule has 0 saturated heterocycles. The third-order valence-corrected chi connectivity index (χ3v) is 2.87. The summed E-state index contributed by atoms with van der Waals surface area (Å²) in [4.78, 5) is 22.3. The van der Waals surface area contributed by atoms with Crippen molar-refractivity contribution in [2.75, 3.05) is 17.6 Å². The maximum Gasteiger partial charge on any atom is 0.441 e. The fraction of sp³-hybridized carbons (Fsp3) is 0.273. The standard InChI is InChI=1S/C11H10F4N2O3S/c12-7-3-1-2-6(9(18)19)8(7)17-10(20)16-4-5-21-11(13,14)15/h1-3H,4-5H2,(H,18,19)(H2,16,17,20). The Labute approximate surface area is 120 Å². The summed E-state index contributed by atoms with van der Waals surface area (Å²) in [6.07, 6.45) is 0. The van der Waals surface area contributed by atoms with Crippen LogP contribution < -0.4 is 10.6 Å². The minimum atomic E-state index is -4.40. The number of nitrogens with one attached hydrogen (secondary N) is 2. The predicted octanol–water partition coefficient (Wildman–Crippen LogP) is 2.90. The molecule has 0 spiro atoms. The highest BCUT2D eigenvalue weighted by molar-refractivity contribution is 8.00. The van der Waals surface area contributed by atoms with Crippen molar-refractivity contribution in [3.63, 3.8) is 0 Å². The van der Waals surface area contributed by atoms with E-state index in [1.165, 1.54) is 0 Å². The summed E-state index contributed by atoms with van der Waals surface area (Å²) in [6.45, 7) is -0.313. The lowest BCUT2D eigenvalue weighted by Crippen LogP contribution is -2.32. The van der Waals surface area contributed by atoms with Crippen molar-refractivity contribution in [1.82, 2.24) is 5.32 Å². The third kappa shape index (κ3) is 5.90. The summed E-state index contributed by atoms with van der Waals surface area (Å²) in [5.74, 6) is -2.83. The van der Waals surface area contributed by atoms with Crippen LogP contribution in [0.2, 0.25) is 0 Å². The first-order valence-corrected chi connectivity index (χ1v) is 6.46. The predicted molar refractivity (Wildman–Crippen MR) is 68.9 cm³/mol. The molecule has 0 aromatic heterocycles. The highest BCUT2D eigenvalue weighted by Gasteiger charge is 2.27. The van der Waals surface area contributed by atoms with Gasteiger partial charge in [0, 0.05) is 12.3 Å². The van der Waals surface area contributed by atoms with E-state index in [0.717, 1.165) is 18.2 Å². The van der Waals surface area contributed by atoms with E-state index in [1.54, 1.807) is 0 Å². The molecular formula is C11H10F4N2O3S. The lowest BCUT2D eigenvalue weighted by molar-refractivity contribution is -0.0327. The van der Waals surface area contributed by atoms with Gasteiger partial charge in [-0.25, -0.2) is 14.0 Å². The van der Waals surface area contributed by atoms with E-state index >= 15 is 0 Å². The number of alkyl halides is 3. The molecule has 0 aliphatic rings. The summed E-state index contributed by atoms with van der Waals surface area (Å²) in [5, 5.41) is 12.9. The molecule has 10 heteroatoms. The number of carbonyl (C=O) groups is 2. The molecule has 0 fully saturated rings. The van der Waals surface area contributed by atoms with Crippen molar-refractivity contribution >= 4 is 29.4 Å². The molecule has 1 aromatic carbocycles. The Morgan fingerprint density at radius 3 is 2.52 bits per heavy atom. The van der Waals surface area contributed by atoms with Gasteiger partial charge in [0.1, 0.15) is 5.82 Å². The van der Waals surface area contributed by atoms with Crippen LogP contribution in [0.1, 0.15) is 10.4 Å². The average Bonchev–Trinajstić information content (AvgIpc) is 2.35. The van der Waals surface area contributed by atoms with Crippen LogP contribution in [-0.4, -0.2) is 34.9 Å². The van der Waals surface area contributed by atoms with Gasteiger partial charge in [0.15, 0.2) is 0 Å². The smallest absolute Gasteiger partial charge is 0.441 e. The Balaban J connectivity index is 2.58. The fourth-order valence-electron chi connectivity index (χ4n) is 1.32. The zero-order valence-electron chi connectivity index (χ0n) is 10.3. The maximum atomic E-state index is 13.5. The Bertz CT molecular complexity index is 537. The lowest BCUT2D eigenvalue weighted by Gasteiger charge is -2.11. The van der Waals surface area contributed by atoms with Gasteiger partial charge in [-0.2, -0.15) is 13.2 Å². The maximum absolute atomic E-state index is 13.5. The highest BCUT2D eigenvalue weighted by Crippen LogP contribution is 2.29. The average molecular weight is 326 g/mol. The number of carboxylic acids is 1. The first-order valence-electron chi connectivity index (χ1n) is 5.48. The van der Waals surface area contributed by atoms with Gasteiger partial charge in [0.25, 0.3) is 0 Å². The molecule has 0 unspecified atom stereocenters. The molecule has 21 heavy (non-hydrogen) atoms. The molecule has 0 saturated carbocycles. The van der Waals surface area contributed by atoms with Crippen molar-refractivity contribution in [3.8, 4) is 0 Å². The molecule has 5 nitrogen and oxygen atoms in total. The van der Waals surface area contributed by atoms with E-state index in [0.29, 0.717) is 0 Å². The second-order valence-electron chi connectivity index (χ2n) is 3.64.